The van der Waals surface area contributed by atoms with Gasteiger partial charge in [0.2, 0.25) is 5.91 Å². The zero-order chi connectivity index (χ0) is 13.8. The molecule has 1 heterocycles. The van der Waals surface area contributed by atoms with E-state index in [9.17, 15) is 9.59 Å². The van der Waals surface area contributed by atoms with E-state index in [-0.39, 0.29) is 11.5 Å². The summed E-state index contributed by atoms with van der Waals surface area (Å²) in [6.45, 7) is 3.44. The second kappa shape index (κ2) is 5.87. The van der Waals surface area contributed by atoms with Crippen molar-refractivity contribution in [3.8, 4) is 0 Å². The average molecular weight is 261 g/mol. The third-order valence-electron chi connectivity index (χ3n) is 3.54. The summed E-state index contributed by atoms with van der Waals surface area (Å²) < 4.78 is 0. The molecule has 1 N–H and O–H groups in total. The first kappa shape index (κ1) is 13.6. The van der Waals surface area contributed by atoms with Gasteiger partial charge in [0.05, 0.1) is 5.56 Å². The molecule has 1 aliphatic rings. The number of carboxylic acid groups (broad SMARTS) is 1. The summed E-state index contributed by atoms with van der Waals surface area (Å²) in [7, 11) is 0. The van der Waals surface area contributed by atoms with Gasteiger partial charge in [-0.2, -0.15) is 0 Å². The van der Waals surface area contributed by atoms with Gasteiger partial charge in [-0.15, -0.1) is 0 Å². The first-order chi connectivity index (χ1) is 9.10. The van der Waals surface area contributed by atoms with Crippen LogP contribution in [0.1, 0.15) is 42.1 Å². The molecule has 1 atom stereocenters. The van der Waals surface area contributed by atoms with Crippen LogP contribution >= 0.6 is 0 Å². The van der Waals surface area contributed by atoms with Gasteiger partial charge in [0.15, 0.2) is 0 Å². The summed E-state index contributed by atoms with van der Waals surface area (Å²) in [5.41, 5.74) is 1.15. The maximum absolute atomic E-state index is 11.9. The zero-order valence-electron chi connectivity index (χ0n) is 11.1. The van der Waals surface area contributed by atoms with Crippen LogP contribution in [0.15, 0.2) is 24.3 Å². The summed E-state index contributed by atoms with van der Waals surface area (Å²) >= 11 is 0. The molecule has 1 fully saturated rings. The highest BCUT2D eigenvalue weighted by Crippen LogP contribution is 2.23. The van der Waals surface area contributed by atoms with E-state index in [1.54, 1.807) is 18.2 Å². The number of benzene rings is 1. The Labute approximate surface area is 113 Å². The Hall–Kier alpha value is -1.84. The van der Waals surface area contributed by atoms with E-state index in [0.29, 0.717) is 18.9 Å². The minimum Gasteiger partial charge on any atom is -0.478 e. The molecule has 1 aliphatic heterocycles. The molecule has 2 rings (SSSR count). The number of carbonyl (C=O) groups excluding carboxylic acids is 1. The van der Waals surface area contributed by atoms with Gasteiger partial charge in [-0.3, -0.25) is 4.79 Å². The number of likely N-dealkylation sites (tertiary alicyclic amines) is 1. The predicted octanol–water partition coefficient (Wildman–Crippen LogP) is 2.53. The van der Waals surface area contributed by atoms with Crippen molar-refractivity contribution >= 4 is 11.9 Å². The maximum Gasteiger partial charge on any atom is 0.335 e. The van der Waals surface area contributed by atoms with Crippen LogP contribution in [0.2, 0.25) is 0 Å². The lowest BCUT2D eigenvalue weighted by Crippen LogP contribution is -2.24. The van der Waals surface area contributed by atoms with Crippen LogP contribution in [0.4, 0.5) is 0 Å². The highest BCUT2D eigenvalue weighted by molar-refractivity contribution is 5.87. The van der Waals surface area contributed by atoms with E-state index in [1.807, 2.05) is 11.0 Å². The van der Waals surface area contributed by atoms with Gasteiger partial charge in [0.25, 0.3) is 0 Å². The van der Waals surface area contributed by atoms with E-state index in [2.05, 4.69) is 6.92 Å². The Morgan fingerprint density at radius 3 is 2.95 bits per heavy atom. The lowest BCUT2D eigenvalue weighted by Gasteiger charge is -2.17. The zero-order valence-corrected chi connectivity index (χ0v) is 11.1. The van der Waals surface area contributed by atoms with Crippen molar-refractivity contribution < 1.29 is 14.7 Å². The molecule has 0 aromatic heterocycles. The number of nitrogens with zero attached hydrogens (tertiary/aromatic N) is 1. The predicted molar refractivity (Wildman–Crippen MR) is 71.8 cm³/mol. The molecule has 1 aromatic rings. The van der Waals surface area contributed by atoms with Gasteiger partial charge in [0, 0.05) is 19.5 Å². The van der Waals surface area contributed by atoms with Crippen LogP contribution < -0.4 is 0 Å². The summed E-state index contributed by atoms with van der Waals surface area (Å²) in [5.74, 6) is -0.294. The van der Waals surface area contributed by atoms with Gasteiger partial charge < -0.3 is 10.0 Å². The van der Waals surface area contributed by atoms with Crippen molar-refractivity contribution in [3.63, 3.8) is 0 Å². The molecular formula is C15H19NO3. The maximum atomic E-state index is 11.9. The Balaban J connectivity index is 2.03. The smallest absolute Gasteiger partial charge is 0.335 e. The Kier molecular flexibility index (Phi) is 4.20. The van der Waals surface area contributed by atoms with E-state index >= 15 is 0 Å². The molecule has 4 nitrogen and oxygen atoms in total. The second-order valence-electron chi connectivity index (χ2n) is 5.14. The molecule has 1 amide bonds. The molecule has 0 bridgehead atoms. The number of amides is 1. The van der Waals surface area contributed by atoms with Crippen LogP contribution in [0.5, 0.6) is 0 Å². The minimum absolute atomic E-state index is 0.180. The summed E-state index contributed by atoms with van der Waals surface area (Å²) in [5, 5.41) is 8.95. The van der Waals surface area contributed by atoms with Gasteiger partial charge in [-0.1, -0.05) is 25.5 Å². The van der Waals surface area contributed by atoms with Crippen molar-refractivity contribution in [1.82, 2.24) is 4.90 Å². The highest BCUT2D eigenvalue weighted by Gasteiger charge is 2.28. The SMILES string of the molecule is CCCC1CC(=O)N(Cc2cccc(C(=O)O)c2)C1. The minimum atomic E-state index is -0.932. The number of rotatable bonds is 5. The van der Waals surface area contributed by atoms with Gasteiger partial charge in [-0.25, -0.2) is 4.79 Å². The van der Waals surface area contributed by atoms with Crippen molar-refractivity contribution in [2.75, 3.05) is 6.54 Å². The fourth-order valence-electron chi connectivity index (χ4n) is 2.63. The number of carboxylic acids is 1. The Morgan fingerprint density at radius 1 is 1.47 bits per heavy atom. The van der Waals surface area contributed by atoms with Crippen LogP contribution in [0.25, 0.3) is 0 Å². The van der Waals surface area contributed by atoms with E-state index < -0.39 is 5.97 Å². The molecule has 0 spiro atoms. The normalized spacial score (nSPS) is 18.9. The molecule has 19 heavy (non-hydrogen) atoms. The fourth-order valence-corrected chi connectivity index (χ4v) is 2.63. The van der Waals surface area contributed by atoms with Crippen LogP contribution in [-0.2, 0) is 11.3 Å². The molecule has 0 aliphatic carbocycles. The van der Waals surface area contributed by atoms with Gasteiger partial charge >= 0.3 is 5.97 Å². The lowest BCUT2D eigenvalue weighted by molar-refractivity contribution is -0.128. The van der Waals surface area contributed by atoms with E-state index in [1.165, 1.54) is 0 Å². The van der Waals surface area contributed by atoms with E-state index in [4.69, 9.17) is 5.11 Å². The van der Waals surface area contributed by atoms with Crippen LogP contribution in [0.3, 0.4) is 0 Å². The molecule has 102 valence electrons. The lowest BCUT2D eigenvalue weighted by atomic mass is 10.0. The molecule has 1 aromatic carbocycles. The Morgan fingerprint density at radius 2 is 2.26 bits per heavy atom. The quantitative estimate of drug-likeness (QED) is 0.886. The summed E-state index contributed by atoms with van der Waals surface area (Å²) in [4.78, 5) is 24.6. The first-order valence-corrected chi connectivity index (χ1v) is 6.70. The van der Waals surface area contributed by atoms with Crippen molar-refractivity contribution in [2.45, 2.75) is 32.7 Å². The molecule has 1 saturated heterocycles. The third kappa shape index (κ3) is 3.34. The molecule has 1 unspecified atom stereocenters. The molecular weight excluding hydrogens is 242 g/mol. The summed E-state index contributed by atoms with van der Waals surface area (Å²) in [6.07, 6.45) is 2.81. The number of carbonyl (C=O) groups is 2. The van der Waals surface area contributed by atoms with Crippen molar-refractivity contribution in [1.29, 1.82) is 0 Å². The number of aromatic carboxylic acids is 1. The largest absolute Gasteiger partial charge is 0.478 e. The van der Waals surface area contributed by atoms with Crippen LogP contribution in [0, 0.1) is 5.92 Å². The average Bonchev–Trinajstić information content (AvgIpc) is 2.70. The topological polar surface area (TPSA) is 57.6 Å². The number of hydrogen-bond donors (Lipinski definition) is 1. The van der Waals surface area contributed by atoms with Gasteiger partial charge in [0.1, 0.15) is 0 Å². The second-order valence-corrected chi connectivity index (χ2v) is 5.14. The fraction of sp³-hybridized carbons (Fsp3) is 0.467. The monoisotopic (exact) mass is 261 g/mol. The molecule has 4 heteroatoms. The standard InChI is InChI=1S/C15H19NO3/c1-2-4-11-8-14(17)16(9-11)10-12-5-3-6-13(7-12)15(18)19/h3,5-7,11H,2,4,8-10H2,1H3,(H,18,19). The molecule has 0 radical (unpaired) electrons. The first-order valence-electron chi connectivity index (χ1n) is 6.70. The van der Waals surface area contributed by atoms with Gasteiger partial charge in [-0.05, 0) is 30.0 Å². The van der Waals surface area contributed by atoms with Crippen molar-refractivity contribution in [2.24, 2.45) is 5.92 Å². The van der Waals surface area contributed by atoms with E-state index in [0.717, 1.165) is 24.9 Å². The third-order valence-corrected chi connectivity index (χ3v) is 3.54. The Bertz CT molecular complexity index is 484. The van der Waals surface area contributed by atoms with Crippen LogP contribution in [-0.4, -0.2) is 28.4 Å². The number of hydrogen-bond acceptors (Lipinski definition) is 2. The molecule has 0 saturated carbocycles. The van der Waals surface area contributed by atoms with Crippen molar-refractivity contribution in [3.05, 3.63) is 35.4 Å². The highest BCUT2D eigenvalue weighted by atomic mass is 16.4. The summed E-state index contributed by atoms with van der Waals surface area (Å²) in [6, 6.07) is 6.80.